The maximum atomic E-state index is 12.1. The zero-order valence-electron chi connectivity index (χ0n) is 10.6. The number of carbonyl (C=O) groups excluding carboxylic acids is 1. The zero-order chi connectivity index (χ0) is 13.0. The van der Waals surface area contributed by atoms with Crippen LogP contribution in [-0.4, -0.2) is 15.8 Å². The molecule has 0 amide bonds. The SMILES string of the molecule is CC(C)c1cncc(C(=O)Cc2cccnc2)c1. The first-order chi connectivity index (χ1) is 8.66. The highest BCUT2D eigenvalue weighted by atomic mass is 16.1. The average molecular weight is 240 g/mol. The second-order valence-electron chi connectivity index (χ2n) is 4.62. The summed E-state index contributed by atoms with van der Waals surface area (Å²) in [4.78, 5) is 20.3. The van der Waals surface area contributed by atoms with Crippen LogP contribution in [0.2, 0.25) is 0 Å². The smallest absolute Gasteiger partial charge is 0.168 e. The highest BCUT2D eigenvalue weighted by molar-refractivity contribution is 5.97. The summed E-state index contributed by atoms with van der Waals surface area (Å²) in [6, 6.07) is 5.67. The van der Waals surface area contributed by atoms with Gasteiger partial charge < -0.3 is 0 Å². The Kier molecular flexibility index (Phi) is 3.82. The van der Waals surface area contributed by atoms with Crippen LogP contribution in [0.15, 0.2) is 43.0 Å². The average Bonchev–Trinajstić information content (AvgIpc) is 2.40. The molecule has 0 aliphatic heterocycles. The number of pyridine rings is 2. The van der Waals surface area contributed by atoms with Gasteiger partial charge in [0.1, 0.15) is 0 Å². The Hall–Kier alpha value is -2.03. The van der Waals surface area contributed by atoms with E-state index in [0.717, 1.165) is 11.1 Å². The summed E-state index contributed by atoms with van der Waals surface area (Å²) in [5.74, 6) is 0.460. The van der Waals surface area contributed by atoms with Gasteiger partial charge in [0.15, 0.2) is 5.78 Å². The minimum Gasteiger partial charge on any atom is -0.294 e. The Labute approximate surface area is 107 Å². The quantitative estimate of drug-likeness (QED) is 0.771. The Morgan fingerprint density at radius 1 is 1.22 bits per heavy atom. The van der Waals surface area contributed by atoms with E-state index in [4.69, 9.17) is 0 Å². The zero-order valence-corrected chi connectivity index (χ0v) is 10.6. The Morgan fingerprint density at radius 3 is 2.72 bits per heavy atom. The molecule has 3 heteroatoms. The molecule has 2 aromatic rings. The second-order valence-corrected chi connectivity index (χ2v) is 4.62. The van der Waals surface area contributed by atoms with E-state index in [1.165, 1.54) is 0 Å². The number of hydrogen-bond donors (Lipinski definition) is 0. The molecule has 0 unspecified atom stereocenters. The number of rotatable bonds is 4. The summed E-state index contributed by atoms with van der Waals surface area (Å²) >= 11 is 0. The lowest BCUT2D eigenvalue weighted by Gasteiger charge is -2.06. The molecule has 0 saturated heterocycles. The summed E-state index contributed by atoms with van der Waals surface area (Å²) in [6.45, 7) is 4.18. The first kappa shape index (κ1) is 12.4. The summed E-state index contributed by atoms with van der Waals surface area (Å²) in [6.07, 6.45) is 7.24. The second kappa shape index (κ2) is 5.54. The van der Waals surface area contributed by atoms with Crippen molar-refractivity contribution in [3.8, 4) is 0 Å². The lowest BCUT2D eigenvalue weighted by atomic mass is 10.0. The Bertz CT molecular complexity index is 535. The lowest BCUT2D eigenvalue weighted by molar-refractivity contribution is 0.0992. The first-order valence-corrected chi connectivity index (χ1v) is 6.04. The van der Waals surface area contributed by atoms with E-state index in [0.29, 0.717) is 17.9 Å². The third kappa shape index (κ3) is 3.00. The fourth-order valence-corrected chi connectivity index (χ4v) is 1.72. The first-order valence-electron chi connectivity index (χ1n) is 6.04. The fourth-order valence-electron chi connectivity index (χ4n) is 1.72. The monoisotopic (exact) mass is 240 g/mol. The number of ketones is 1. The summed E-state index contributed by atoms with van der Waals surface area (Å²) in [5.41, 5.74) is 2.69. The number of nitrogens with zero attached hydrogens (tertiary/aromatic N) is 2. The van der Waals surface area contributed by atoms with Crippen LogP contribution in [0.4, 0.5) is 0 Å². The molecule has 3 nitrogen and oxygen atoms in total. The normalized spacial score (nSPS) is 10.6. The molecule has 0 aliphatic carbocycles. The van der Waals surface area contributed by atoms with Gasteiger partial charge in [-0.1, -0.05) is 19.9 Å². The molecule has 0 atom stereocenters. The van der Waals surface area contributed by atoms with Gasteiger partial charge in [-0.2, -0.15) is 0 Å². The minimum atomic E-state index is 0.0815. The Balaban J connectivity index is 2.16. The molecule has 0 spiro atoms. The van der Waals surface area contributed by atoms with Crippen LogP contribution in [-0.2, 0) is 6.42 Å². The number of hydrogen-bond acceptors (Lipinski definition) is 3. The molecule has 2 rings (SSSR count). The van der Waals surface area contributed by atoms with Crippen LogP contribution in [0.5, 0.6) is 0 Å². The topological polar surface area (TPSA) is 42.9 Å². The molecule has 0 fully saturated rings. The summed E-state index contributed by atoms with van der Waals surface area (Å²) in [5, 5.41) is 0. The van der Waals surface area contributed by atoms with Crippen LogP contribution >= 0.6 is 0 Å². The van der Waals surface area contributed by atoms with Crippen LogP contribution in [0, 0.1) is 0 Å². The van der Waals surface area contributed by atoms with Crippen molar-refractivity contribution in [3.05, 3.63) is 59.7 Å². The number of carbonyl (C=O) groups is 1. The van der Waals surface area contributed by atoms with Gasteiger partial charge in [-0.05, 0) is 29.2 Å². The molecule has 2 aromatic heterocycles. The van der Waals surface area contributed by atoms with Gasteiger partial charge in [0.05, 0.1) is 0 Å². The molecular formula is C15H16N2O. The van der Waals surface area contributed by atoms with E-state index in [1.807, 2.05) is 24.4 Å². The van der Waals surface area contributed by atoms with E-state index in [9.17, 15) is 4.79 Å². The molecule has 0 N–H and O–H groups in total. The van der Waals surface area contributed by atoms with Crippen molar-refractivity contribution in [1.29, 1.82) is 0 Å². The van der Waals surface area contributed by atoms with Crippen molar-refractivity contribution in [1.82, 2.24) is 9.97 Å². The molecule has 92 valence electrons. The molecule has 0 aliphatic rings. The largest absolute Gasteiger partial charge is 0.294 e. The van der Waals surface area contributed by atoms with Gasteiger partial charge in [0.2, 0.25) is 0 Å². The third-order valence-corrected chi connectivity index (χ3v) is 2.84. The van der Waals surface area contributed by atoms with Crippen molar-refractivity contribution in [2.45, 2.75) is 26.2 Å². The number of Topliss-reactive ketones (excluding diaryl/α,β-unsaturated/α-hetero) is 1. The molecule has 0 saturated carbocycles. The molecule has 0 aromatic carbocycles. The highest BCUT2D eigenvalue weighted by Gasteiger charge is 2.09. The van der Waals surface area contributed by atoms with E-state index in [1.54, 1.807) is 18.6 Å². The van der Waals surface area contributed by atoms with E-state index < -0.39 is 0 Å². The molecule has 18 heavy (non-hydrogen) atoms. The van der Waals surface area contributed by atoms with Crippen LogP contribution < -0.4 is 0 Å². The molecule has 2 heterocycles. The fraction of sp³-hybridized carbons (Fsp3) is 0.267. The summed E-state index contributed by atoms with van der Waals surface area (Å²) in [7, 11) is 0. The predicted octanol–water partition coefficient (Wildman–Crippen LogP) is 3.03. The van der Waals surface area contributed by atoms with Gasteiger partial charge in [-0.3, -0.25) is 14.8 Å². The van der Waals surface area contributed by atoms with Gasteiger partial charge >= 0.3 is 0 Å². The van der Waals surface area contributed by atoms with Crippen LogP contribution in [0.3, 0.4) is 0 Å². The van der Waals surface area contributed by atoms with Crippen molar-refractivity contribution in [2.75, 3.05) is 0 Å². The minimum absolute atomic E-state index is 0.0815. The Morgan fingerprint density at radius 2 is 2.06 bits per heavy atom. The van der Waals surface area contributed by atoms with Gasteiger partial charge in [-0.15, -0.1) is 0 Å². The van der Waals surface area contributed by atoms with Crippen molar-refractivity contribution < 1.29 is 4.79 Å². The third-order valence-electron chi connectivity index (χ3n) is 2.84. The lowest BCUT2D eigenvalue weighted by Crippen LogP contribution is -2.05. The van der Waals surface area contributed by atoms with E-state index >= 15 is 0 Å². The molecule has 0 radical (unpaired) electrons. The van der Waals surface area contributed by atoms with Gasteiger partial charge in [0, 0.05) is 36.8 Å². The van der Waals surface area contributed by atoms with E-state index in [2.05, 4.69) is 23.8 Å². The maximum absolute atomic E-state index is 12.1. The van der Waals surface area contributed by atoms with Crippen molar-refractivity contribution >= 4 is 5.78 Å². The molecular weight excluding hydrogens is 224 g/mol. The predicted molar refractivity (Wildman–Crippen MR) is 70.6 cm³/mol. The maximum Gasteiger partial charge on any atom is 0.168 e. The van der Waals surface area contributed by atoms with E-state index in [-0.39, 0.29) is 5.78 Å². The van der Waals surface area contributed by atoms with Crippen molar-refractivity contribution in [2.24, 2.45) is 0 Å². The highest BCUT2D eigenvalue weighted by Crippen LogP contribution is 2.15. The van der Waals surface area contributed by atoms with Gasteiger partial charge in [0.25, 0.3) is 0 Å². The van der Waals surface area contributed by atoms with Crippen molar-refractivity contribution in [3.63, 3.8) is 0 Å². The molecule has 0 bridgehead atoms. The van der Waals surface area contributed by atoms with Crippen LogP contribution in [0.25, 0.3) is 0 Å². The number of aromatic nitrogens is 2. The van der Waals surface area contributed by atoms with Crippen LogP contribution in [0.1, 0.15) is 41.3 Å². The van der Waals surface area contributed by atoms with Gasteiger partial charge in [-0.25, -0.2) is 0 Å². The standard InChI is InChI=1S/C15H16N2O/c1-11(2)13-7-14(10-17-9-13)15(18)6-12-4-3-5-16-8-12/h3-5,7-11H,6H2,1-2H3. The summed E-state index contributed by atoms with van der Waals surface area (Å²) < 4.78 is 0.